The minimum absolute atomic E-state index is 0.0157. The van der Waals surface area contributed by atoms with Crippen molar-refractivity contribution in [2.45, 2.75) is 20.3 Å². The third-order valence-corrected chi connectivity index (χ3v) is 1.10. The summed E-state index contributed by atoms with van der Waals surface area (Å²) in [5, 5.41) is 10.1. The maximum Gasteiger partial charge on any atom is 0.246 e. The molecule has 0 aliphatic rings. The quantitative estimate of drug-likeness (QED) is 0.360. The normalized spacial score (nSPS) is 13.4. The van der Waals surface area contributed by atoms with E-state index in [0.29, 0.717) is 6.42 Å². The van der Waals surface area contributed by atoms with Crippen molar-refractivity contribution in [2.75, 3.05) is 0 Å². The van der Waals surface area contributed by atoms with Crippen LogP contribution in [0.3, 0.4) is 0 Å². The van der Waals surface area contributed by atoms with Gasteiger partial charge in [0, 0.05) is 12.5 Å². The number of allylic oxidation sites excluding steroid dienone is 4. The Morgan fingerprint density at radius 1 is 1.64 bits per heavy atom. The molecule has 0 aliphatic heterocycles. The van der Waals surface area contributed by atoms with Gasteiger partial charge >= 0.3 is 0 Å². The third-order valence-electron chi connectivity index (χ3n) is 1.10. The number of hydrogen-bond acceptors (Lipinski definition) is 2. The Labute approximate surface area is 64.4 Å². The molecule has 0 aliphatic carbocycles. The van der Waals surface area contributed by atoms with E-state index in [9.17, 15) is 14.5 Å². The van der Waals surface area contributed by atoms with Gasteiger partial charge in [0.05, 0.1) is 10.8 Å². The Morgan fingerprint density at radius 3 is 2.45 bits per heavy atom. The van der Waals surface area contributed by atoms with E-state index in [1.54, 1.807) is 6.92 Å². The van der Waals surface area contributed by atoms with Crippen molar-refractivity contribution >= 4 is 0 Å². The SMILES string of the molecule is CC/C(=C\C=C(/C)F)[N+](=O)[O-]. The highest BCUT2D eigenvalue weighted by molar-refractivity contribution is 5.08. The average Bonchev–Trinajstić information content (AvgIpc) is 1.87. The van der Waals surface area contributed by atoms with Gasteiger partial charge in [0.2, 0.25) is 5.70 Å². The van der Waals surface area contributed by atoms with Crippen LogP contribution in [0.15, 0.2) is 23.7 Å². The minimum Gasteiger partial charge on any atom is -0.259 e. The van der Waals surface area contributed by atoms with Crippen LogP contribution >= 0.6 is 0 Å². The van der Waals surface area contributed by atoms with Gasteiger partial charge in [0.15, 0.2) is 0 Å². The molecule has 0 heterocycles. The highest BCUT2D eigenvalue weighted by Gasteiger charge is 2.03. The zero-order chi connectivity index (χ0) is 8.85. The summed E-state index contributed by atoms with van der Waals surface area (Å²) in [4.78, 5) is 9.61. The number of nitro groups is 1. The molecule has 0 aromatic heterocycles. The number of hydrogen-bond donors (Lipinski definition) is 0. The first-order valence-corrected chi connectivity index (χ1v) is 3.25. The number of halogens is 1. The van der Waals surface area contributed by atoms with Crippen molar-refractivity contribution in [3.8, 4) is 0 Å². The lowest BCUT2D eigenvalue weighted by molar-refractivity contribution is -0.427. The van der Waals surface area contributed by atoms with Gasteiger partial charge in [-0.15, -0.1) is 0 Å². The van der Waals surface area contributed by atoms with Gasteiger partial charge in [-0.1, -0.05) is 6.92 Å². The second kappa shape index (κ2) is 4.60. The van der Waals surface area contributed by atoms with Crippen LogP contribution < -0.4 is 0 Å². The Bertz CT molecular complexity index is 204. The van der Waals surface area contributed by atoms with Crippen molar-refractivity contribution in [2.24, 2.45) is 0 Å². The maximum absolute atomic E-state index is 12.1. The molecule has 0 aromatic rings. The fourth-order valence-corrected chi connectivity index (χ4v) is 0.519. The Morgan fingerprint density at radius 2 is 2.18 bits per heavy atom. The molecule has 0 atom stereocenters. The molecule has 0 radical (unpaired) electrons. The second-order valence-corrected chi connectivity index (χ2v) is 2.02. The van der Waals surface area contributed by atoms with Crippen LogP contribution in [-0.2, 0) is 0 Å². The standard InChI is InChI=1S/C7H10FNO2/c1-3-7(9(10)11)5-4-6(2)8/h4-5H,3H2,1-2H3/b6-4+,7-5+. The van der Waals surface area contributed by atoms with Crippen LogP contribution in [-0.4, -0.2) is 4.92 Å². The molecule has 11 heavy (non-hydrogen) atoms. The molecule has 0 fully saturated rings. The van der Waals surface area contributed by atoms with Crippen LogP contribution in [0.1, 0.15) is 20.3 Å². The van der Waals surface area contributed by atoms with Crippen LogP contribution in [0.4, 0.5) is 4.39 Å². The Balaban J connectivity index is 4.37. The first-order chi connectivity index (χ1) is 5.07. The molecule has 4 heteroatoms. The molecule has 0 saturated carbocycles. The summed E-state index contributed by atoms with van der Waals surface area (Å²) in [5.41, 5.74) is 0.0157. The van der Waals surface area contributed by atoms with Crippen LogP contribution in [0.25, 0.3) is 0 Å². The molecule has 0 saturated heterocycles. The molecule has 0 rings (SSSR count). The molecular weight excluding hydrogens is 149 g/mol. The molecule has 0 N–H and O–H groups in total. The van der Waals surface area contributed by atoms with Gasteiger partial charge in [-0.3, -0.25) is 10.1 Å². The van der Waals surface area contributed by atoms with Crippen molar-refractivity contribution < 1.29 is 9.31 Å². The zero-order valence-electron chi connectivity index (χ0n) is 6.50. The smallest absolute Gasteiger partial charge is 0.246 e. The van der Waals surface area contributed by atoms with Crippen molar-refractivity contribution in [1.29, 1.82) is 0 Å². The lowest BCUT2D eigenvalue weighted by Crippen LogP contribution is -1.95. The molecule has 0 spiro atoms. The predicted molar refractivity (Wildman–Crippen MR) is 40.2 cm³/mol. The Kier molecular flexibility index (Phi) is 4.10. The van der Waals surface area contributed by atoms with E-state index in [1.165, 1.54) is 13.0 Å². The van der Waals surface area contributed by atoms with E-state index in [2.05, 4.69) is 0 Å². The van der Waals surface area contributed by atoms with E-state index in [1.807, 2.05) is 0 Å². The fraction of sp³-hybridized carbons (Fsp3) is 0.429. The lowest BCUT2D eigenvalue weighted by Gasteiger charge is -1.89. The van der Waals surface area contributed by atoms with Gasteiger partial charge in [-0.05, 0) is 13.0 Å². The topological polar surface area (TPSA) is 43.1 Å². The van der Waals surface area contributed by atoms with Gasteiger partial charge in [-0.25, -0.2) is 4.39 Å². The average molecular weight is 159 g/mol. The summed E-state index contributed by atoms with van der Waals surface area (Å²) in [6, 6.07) is 0. The number of rotatable bonds is 3. The van der Waals surface area contributed by atoms with E-state index in [0.717, 1.165) is 6.08 Å². The van der Waals surface area contributed by atoms with Crippen LogP contribution in [0, 0.1) is 10.1 Å². The molecular formula is C7H10FNO2. The van der Waals surface area contributed by atoms with E-state index < -0.39 is 10.8 Å². The fourth-order valence-electron chi connectivity index (χ4n) is 0.519. The van der Waals surface area contributed by atoms with E-state index in [4.69, 9.17) is 0 Å². The van der Waals surface area contributed by atoms with Crippen molar-refractivity contribution in [1.82, 2.24) is 0 Å². The summed E-state index contributed by atoms with van der Waals surface area (Å²) >= 11 is 0. The zero-order valence-corrected chi connectivity index (χ0v) is 6.50. The highest BCUT2D eigenvalue weighted by atomic mass is 19.1. The predicted octanol–water partition coefficient (Wildman–Crippen LogP) is 2.43. The van der Waals surface area contributed by atoms with Crippen LogP contribution in [0.2, 0.25) is 0 Å². The third kappa shape index (κ3) is 4.25. The van der Waals surface area contributed by atoms with E-state index >= 15 is 0 Å². The van der Waals surface area contributed by atoms with Gasteiger partial charge in [0.25, 0.3) is 0 Å². The summed E-state index contributed by atoms with van der Waals surface area (Å²) in [7, 11) is 0. The van der Waals surface area contributed by atoms with Gasteiger partial charge in [-0.2, -0.15) is 0 Å². The van der Waals surface area contributed by atoms with E-state index in [-0.39, 0.29) is 5.70 Å². The second-order valence-electron chi connectivity index (χ2n) is 2.02. The lowest BCUT2D eigenvalue weighted by atomic mass is 10.3. The molecule has 3 nitrogen and oxygen atoms in total. The monoisotopic (exact) mass is 159 g/mol. The first kappa shape index (κ1) is 9.81. The maximum atomic E-state index is 12.1. The minimum atomic E-state index is -0.514. The van der Waals surface area contributed by atoms with Gasteiger partial charge < -0.3 is 0 Å². The molecule has 0 unspecified atom stereocenters. The summed E-state index contributed by atoms with van der Waals surface area (Å²) in [6.07, 6.45) is 2.56. The molecule has 0 bridgehead atoms. The molecule has 0 amide bonds. The molecule has 0 aromatic carbocycles. The highest BCUT2D eigenvalue weighted by Crippen LogP contribution is 2.03. The number of nitrogens with zero attached hydrogens (tertiary/aromatic N) is 1. The summed E-state index contributed by atoms with van der Waals surface area (Å²) in [5.74, 6) is -0.433. The summed E-state index contributed by atoms with van der Waals surface area (Å²) < 4.78 is 12.1. The Hall–Kier alpha value is -1.19. The van der Waals surface area contributed by atoms with Crippen molar-refractivity contribution in [3.05, 3.63) is 33.8 Å². The van der Waals surface area contributed by atoms with Crippen LogP contribution in [0.5, 0.6) is 0 Å². The van der Waals surface area contributed by atoms with Gasteiger partial charge in [0.1, 0.15) is 0 Å². The first-order valence-electron chi connectivity index (χ1n) is 3.25. The molecule has 62 valence electrons. The largest absolute Gasteiger partial charge is 0.259 e. The van der Waals surface area contributed by atoms with Crippen molar-refractivity contribution in [3.63, 3.8) is 0 Å². The summed E-state index contributed by atoms with van der Waals surface area (Å²) in [6.45, 7) is 2.89.